The van der Waals surface area contributed by atoms with E-state index in [0.717, 1.165) is 19.4 Å². The average Bonchev–Trinajstić information content (AvgIpc) is 2.91. The zero-order chi connectivity index (χ0) is 15.2. The average molecular weight is 363 g/mol. The number of amides is 2. The molecule has 1 aliphatic heterocycles. The summed E-state index contributed by atoms with van der Waals surface area (Å²) in [5.41, 5.74) is 1.37. The Morgan fingerprint density at radius 1 is 1.22 bits per heavy atom. The van der Waals surface area contributed by atoms with Gasteiger partial charge in [-0.3, -0.25) is 9.59 Å². The van der Waals surface area contributed by atoms with E-state index >= 15 is 0 Å². The Labute approximate surface area is 149 Å². The maximum atomic E-state index is 12.0. The van der Waals surface area contributed by atoms with Gasteiger partial charge in [0, 0.05) is 11.4 Å². The topological polar surface area (TPSA) is 73.5 Å². The predicted molar refractivity (Wildman–Crippen MR) is 97.8 cm³/mol. The van der Waals surface area contributed by atoms with Gasteiger partial charge in [-0.05, 0) is 51.7 Å². The first-order valence-corrected chi connectivity index (χ1v) is 7.13. The van der Waals surface area contributed by atoms with Gasteiger partial charge in [0.2, 0.25) is 11.8 Å². The largest absolute Gasteiger partial charge is 0.325 e. The smallest absolute Gasteiger partial charge is 0.241 e. The highest BCUT2D eigenvalue weighted by Crippen LogP contribution is 2.16. The fourth-order valence-electron chi connectivity index (χ4n) is 2.30. The highest BCUT2D eigenvalue weighted by molar-refractivity contribution is 5.97. The van der Waals surface area contributed by atoms with Crippen molar-refractivity contribution in [3.63, 3.8) is 0 Å². The van der Waals surface area contributed by atoms with E-state index in [9.17, 15) is 9.59 Å². The van der Waals surface area contributed by atoms with E-state index in [4.69, 9.17) is 0 Å². The molecular weight excluding hydrogens is 339 g/mol. The van der Waals surface area contributed by atoms with Gasteiger partial charge in [-0.25, -0.2) is 0 Å². The summed E-state index contributed by atoms with van der Waals surface area (Å²) in [4.78, 5) is 25.5. The second kappa shape index (κ2) is 10.4. The SMILES string of the molecule is CN(C)CC(=O)Nc1cccc(NC(=O)C2CCCN2)c1.Cl.Cl. The lowest BCUT2D eigenvalue weighted by Crippen LogP contribution is -2.35. The van der Waals surface area contributed by atoms with Crippen LogP contribution in [0.25, 0.3) is 0 Å². The van der Waals surface area contributed by atoms with Crippen molar-refractivity contribution in [3.8, 4) is 0 Å². The molecule has 6 nitrogen and oxygen atoms in total. The molecule has 1 atom stereocenters. The van der Waals surface area contributed by atoms with Crippen molar-refractivity contribution < 1.29 is 9.59 Å². The van der Waals surface area contributed by atoms with Crippen LogP contribution in [-0.4, -0.2) is 49.9 Å². The van der Waals surface area contributed by atoms with Crippen LogP contribution in [0.15, 0.2) is 24.3 Å². The number of benzene rings is 1. The molecule has 2 amide bonds. The van der Waals surface area contributed by atoms with Crippen molar-refractivity contribution in [1.82, 2.24) is 10.2 Å². The molecule has 1 aromatic rings. The van der Waals surface area contributed by atoms with Gasteiger partial charge in [0.1, 0.15) is 0 Å². The fraction of sp³-hybridized carbons (Fsp3) is 0.467. The van der Waals surface area contributed by atoms with Crippen LogP contribution in [-0.2, 0) is 9.59 Å². The van der Waals surface area contributed by atoms with E-state index in [0.29, 0.717) is 17.9 Å². The zero-order valence-corrected chi connectivity index (χ0v) is 14.9. The standard InChI is InChI=1S/C15H22N4O2.2ClH/c1-19(2)10-14(20)17-11-5-3-6-12(9-11)18-15(21)13-7-4-8-16-13;;/h3,5-6,9,13,16H,4,7-8,10H2,1-2H3,(H,17,20)(H,18,21);2*1H. The molecule has 0 aliphatic carbocycles. The summed E-state index contributed by atoms with van der Waals surface area (Å²) in [7, 11) is 3.68. The van der Waals surface area contributed by atoms with Crippen LogP contribution in [0.3, 0.4) is 0 Å². The van der Waals surface area contributed by atoms with E-state index in [1.54, 1.807) is 17.0 Å². The molecule has 0 bridgehead atoms. The van der Waals surface area contributed by atoms with Gasteiger partial charge >= 0.3 is 0 Å². The number of halogens is 2. The van der Waals surface area contributed by atoms with Crippen LogP contribution < -0.4 is 16.0 Å². The molecule has 0 aromatic heterocycles. The minimum absolute atomic E-state index is 0. The van der Waals surface area contributed by atoms with E-state index < -0.39 is 0 Å². The third-order valence-electron chi connectivity index (χ3n) is 3.25. The number of anilines is 2. The Hall–Kier alpha value is -1.34. The van der Waals surface area contributed by atoms with Crippen LogP contribution in [0.5, 0.6) is 0 Å². The summed E-state index contributed by atoms with van der Waals surface area (Å²) in [6.07, 6.45) is 1.89. The molecule has 1 heterocycles. The molecule has 23 heavy (non-hydrogen) atoms. The van der Waals surface area contributed by atoms with Gasteiger partial charge in [0.15, 0.2) is 0 Å². The molecule has 1 aliphatic rings. The van der Waals surface area contributed by atoms with E-state index in [1.807, 2.05) is 26.2 Å². The lowest BCUT2D eigenvalue weighted by atomic mass is 10.2. The first kappa shape index (κ1) is 21.7. The number of nitrogens with one attached hydrogen (secondary N) is 3. The molecule has 3 N–H and O–H groups in total. The Morgan fingerprint density at radius 3 is 2.43 bits per heavy atom. The van der Waals surface area contributed by atoms with Crippen molar-refractivity contribution in [2.75, 3.05) is 37.8 Å². The lowest BCUT2D eigenvalue weighted by molar-refractivity contribution is -0.118. The number of nitrogens with zero attached hydrogens (tertiary/aromatic N) is 1. The highest BCUT2D eigenvalue weighted by atomic mass is 35.5. The Kier molecular flexibility index (Phi) is 9.83. The maximum absolute atomic E-state index is 12.0. The molecule has 2 rings (SSSR count). The Balaban J connectivity index is 0.00000242. The normalized spacial score (nSPS) is 16.2. The number of hydrogen-bond acceptors (Lipinski definition) is 4. The van der Waals surface area contributed by atoms with Crippen LogP contribution in [0, 0.1) is 0 Å². The molecule has 8 heteroatoms. The summed E-state index contributed by atoms with van der Waals surface area (Å²) in [6, 6.07) is 7.08. The highest BCUT2D eigenvalue weighted by Gasteiger charge is 2.21. The van der Waals surface area contributed by atoms with Gasteiger partial charge in [-0.1, -0.05) is 6.07 Å². The van der Waals surface area contributed by atoms with Crippen molar-refractivity contribution >= 4 is 48.0 Å². The minimum atomic E-state index is -0.114. The van der Waals surface area contributed by atoms with Crippen molar-refractivity contribution in [2.24, 2.45) is 0 Å². The van der Waals surface area contributed by atoms with Crippen LogP contribution in [0.4, 0.5) is 11.4 Å². The third kappa shape index (κ3) is 7.18. The molecule has 1 aromatic carbocycles. The van der Waals surface area contributed by atoms with Gasteiger partial charge in [-0.15, -0.1) is 24.8 Å². The van der Waals surface area contributed by atoms with Gasteiger partial charge in [-0.2, -0.15) is 0 Å². The summed E-state index contributed by atoms with van der Waals surface area (Å²) < 4.78 is 0. The van der Waals surface area contributed by atoms with Crippen molar-refractivity contribution in [2.45, 2.75) is 18.9 Å². The lowest BCUT2D eigenvalue weighted by Gasteiger charge is -2.13. The van der Waals surface area contributed by atoms with Crippen molar-refractivity contribution in [1.29, 1.82) is 0 Å². The maximum Gasteiger partial charge on any atom is 0.241 e. The quantitative estimate of drug-likeness (QED) is 0.745. The number of likely N-dealkylation sites (N-methyl/N-ethyl adjacent to an activating group) is 1. The molecule has 1 unspecified atom stereocenters. The summed E-state index contributed by atoms with van der Waals surface area (Å²) >= 11 is 0. The Morgan fingerprint density at radius 2 is 1.87 bits per heavy atom. The number of carbonyl (C=O) groups is 2. The number of hydrogen-bond donors (Lipinski definition) is 3. The minimum Gasteiger partial charge on any atom is -0.325 e. The molecular formula is C15H24Cl2N4O2. The second-order valence-electron chi connectivity index (χ2n) is 5.50. The summed E-state index contributed by atoms with van der Waals surface area (Å²) in [5, 5.41) is 8.84. The zero-order valence-electron chi connectivity index (χ0n) is 13.3. The van der Waals surface area contributed by atoms with E-state index in [-0.39, 0.29) is 42.7 Å². The van der Waals surface area contributed by atoms with Gasteiger partial charge < -0.3 is 20.9 Å². The summed E-state index contributed by atoms with van der Waals surface area (Å²) in [5.74, 6) is -0.106. The monoisotopic (exact) mass is 362 g/mol. The number of rotatable bonds is 5. The molecule has 130 valence electrons. The fourth-order valence-corrected chi connectivity index (χ4v) is 2.30. The molecule has 0 radical (unpaired) electrons. The Bertz CT molecular complexity index is 520. The molecule has 0 saturated carbocycles. The van der Waals surface area contributed by atoms with Crippen molar-refractivity contribution in [3.05, 3.63) is 24.3 Å². The van der Waals surface area contributed by atoms with Gasteiger partial charge in [0.05, 0.1) is 12.6 Å². The summed E-state index contributed by atoms with van der Waals surface area (Å²) in [6.45, 7) is 1.21. The van der Waals surface area contributed by atoms with Gasteiger partial charge in [0.25, 0.3) is 0 Å². The van der Waals surface area contributed by atoms with Crippen LogP contribution >= 0.6 is 24.8 Å². The van der Waals surface area contributed by atoms with E-state index in [2.05, 4.69) is 16.0 Å². The first-order valence-electron chi connectivity index (χ1n) is 7.13. The molecule has 0 spiro atoms. The van der Waals surface area contributed by atoms with E-state index in [1.165, 1.54) is 0 Å². The van der Waals surface area contributed by atoms with Crippen LogP contribution in [0.2, 0.25) is 0 Å². The predicted octanol–water partition coefficient (Wildman–Crippen LogP) is 1.72. The molecule has 1 saturated heterocycles. The third-order valence-corrected chi connectivity index (χ3v) is 3.25. The van der Waals surface area contributed by atoms with Crippen LogP contribution in [0.1, 0.15) is 12.8 Å². The number of carbonyl (C=O) groups excluding carboxylic acids is 2. The first-order chi connectivity index (χ1) is 10.0. The second-order valence-corrected chi connectivity index (χ2v) is 5.50. The molecule has 1 fully saturated rings.